The van der Waals surface area contributed by atoms with Crippen LogP contribution in [-0.2, 0) is 9.53 Å². The second kappa shape index (κ2) is 3.29. The summed E-state index contributed by atoms with van der Waals surface area (Å²) in [6, 6.07) is 0. The Bertz CT molecular complexity index is 286. The van der Waals surface area contributed by atoms with E-state index >= 15 is 0 Å². The topological polar surface area (TPSA) is 29.5 Å². The van der Waals surface area contributed by atoms with Gasteiger partial charge in [-0.3, -0.25) is 9.69 Å². The summed E-state index contributed by atoms with van der Waals surface area (Å²) in [5.41, 5.74) is -0.637. The van der Waals surface area contributed by atoms with Gasteiger partial charge in [0.2, 0.25) is 0 Å². The van der Waals surface area contributed by atoms with Crippen molar-refractivity contribution in [1.82, 2.24) is 4.90 Å². The molecule has 1 atom stereocenters. The molecule has 0 unspecified atom stereocenters. The van der Waals surface area contributed by atoms with Gasteiger partial charge in [-0.1, -0.05) is 5.92 Å². The first-order chi connectivity index (χ1) is 6.66. The molecule has 3 rings (SSSR count). The molecule has 0 aromatic carbocycles. The summed E-state index contributed by atoms with van der Waals surface area (Å²) >= 11 is 0. The predicted molar refractivity (Wildman–Crippen MR) is 52.5 cm³/mol. The van der Waals surface area contributed by atoms with Crippen molar-refractivity contribution >= 4 is 5.97 Å². The van der Waals surface area contributed by atoms with Crippen molar-refractivity contribution in [2.45, 2.75) is 25.4 Å². The molecule has 0 N–H and O–H groups in total. The Kier molecular flexibility index (Phi) is 2.24. The number of piperidine rings is 3. The van der Waals surface area contributed by atoms with Gasteiger partial charge >= 0.3 is 5.97 Å². The summed E-state index contributed by atoms with van der Waals surface area (Å²) in [7, 11) is 0. The Morgan fingerprint density at radius 2 is 2.21 bits per heavy atom. The van der Waals surface area contributed by atoms with Crippen LogP contribution in [0.2, 0.25) is 0 Å². The molecule has 0 amide bonds. The molecular formula is C11H15NO2. The zero-order chi connectivity index (χ0) is 10.2. The van der Waals surface area contributed by atoms with E-state index in [0.29, 0.717) is 12.5 Å². The highest BCUT2D eigenvalue weighted by atomic mass is 16.6. The van der Waals surface area contributed by atoms with Gasteiger partial charge in [0.25, 0.3) is 0 Å². The number of hydrogen-bond acceptors (Lipinski definition) is 3. The molecule has 0 aliphatic carbocycles. The number of nitrogens with zero attached hydrogens (tertiary/aromatic N) is 1. The highest BCUT2D eigenvalue weighted by molar-refractivity contribution is 5.67. The van der Waals surface area contributed by atoms with Crippen LogP contribution in [0.4, 0.5) is 0 Å². The van der Waals surface area contributed by atoms with E-state index in [1.807, 2.05) is 0 Å². The molecule has 3 saturated heterocycles. The lowest BCUT2D eigenvalue weighted by Crippen LogP contribution is -2.60. The molecule has 3 heterocycles. The molecule has 3 nitrogen and oxygen atoms in total. The van der Waals surface area contributed by atoms with Gasteiger partial charge in [-0.15, -0.1) is 6.42 Å². The second-order valence-electron chi connectivity index (χ2n) is 4.18. The SMILES string of the molecule is C#C[C@@]1(OC(C)=O)CN2CCC1CC2. The Hall–Kier alpha value is -1.01. The van der Waals surface area contributed by atoms with E-state index in [0.717, 1.165) is 25.9 Å². The summed E-state index contributed by atoms with van der Waals surface area (Å²) in [5, 5.41) is 0. The van der Waals surface area contributed by atoms with E-state index < -0.39 is 5.60 Å². The Labute approximate surface area is 84.4 Å². The zero-order valence-corrected chi connectivity index (χ0v) is 8.45. The minimum Gasteiger partial charge on any atom is -0.444 e. The van der Waals surface area contributed by atoms with Crippen LogP contribution in [0.15, 0.2) is 0 Å². The first-order valence-electron chi connectivity index (χ1n) is 5.06. The van der Waals surface area contributed by atoms with Crippen molar-refractivity contribution in [3.63, 3.8) is 0 Å². The standard InChI is InChI=1S/C11H15NO2/c1-3-11(14-9(2)13)8-12-6-4-10(11)5-7-12/h1,10H,4-8H2,2H3/t11-/m1/s1. The predicted octanol–water partition coefficient (Wildman–Crippen LogP) is 0.647. The lowest BCUT2D eigenvalue weighted by molar-refractivity contribution is -0.167. The van der Waals surface area contributed by atoms with Gasteiger partial charge in [-0.05, 0) is 25.9 Å². The number of rotatable bonds is 1. The molecular weight excluding hydrogens is 178 g/mol. The van der Waals surface area contributed by atoms with Gasteiger partial charge in [0.15, 0.2) is 5.60 Å². The molecule has 3 aliphatic rings. The number of fused-ring (bicyclic) bond motifs is 3. The van der Waals surface area contributed by atoms with Crippen LogP contribution in [-0.4, -0.2) is 36.1 Å². The van der Waals surface area contributed by atoms with Crippen molar-refractivity contribution in [3.8, 4) is 12.3 Å². The monoisotopic (exact) mass is 193 g/mol. The van der Waals surface area contributed by atoms with Crippen molar-refractivity contribution in [2.24, 2.45) is 5.92 Å². The lowest BCUT2D eigenvalue weighted by Gasteiger charge is -2.49. The number of carbonyl (C=O) groups is 1. The van der Waals surface area contributed by atoms with E-state index in [9.17, 15) is 4.79 Å². The van der Waals surface area contributed by atoms with Gasteiger partial charge in [0, 0.05) is 12.8 Å². The summed E-state index contributed by atoms with van der Waals surface area (Å²) in [5.74, 6) is 2.79. The van der Waals surface area contributed by atoms with Gasteiger partial charge in [0.1, 0.15) is 0 Å². The fraction of sp³-hybridized carbons (Fsp3) is 0.727. The fourth-order valence-electron chi connectivity index (χ4n) is 2.58. The third-order valence-electron chi connectivity index (χ3n) is 3.28. The smallest absolute Gasteiger partial charge is 0.304 e. The second-order valence-corrected chi connectivity index (χ2v) is 4.18. The largest absolute Gasteiger partial charge is 0.444 e. The summed E-state index contributed by atoms with van der Waals surface area (Å²) in [6.45, 7) is 4.33. The van der Waals surface area contributed by atoms with Crippen LogP contribution in [0.1, 0.15) is 19.8 Å². The van der Waals surface area contributed by atoms with E-state index in [-0.39, 0.29) is 5.97 Å². The summed E-state index contributed by atoms with van der Waals surface area (Å²) in [4.78, 5) is 13.3. The molecule has 0 spiro atoms. The first-order valence-corrected chi connectivity index (χ1v) is 5.06. The third kappa shape index (κ3) is 1.40. The van der Waals surface area contributed by atoms with Crippen molar-refractivity contribution in [3.05, 3.63) is 0 Å². The van der Waals surface area contributed by atoms with Crippen LogP contribution in [0.3, 0.4) is 0 Å². The number of carbonyl (C=O) groups excluding carboxylic acids is 1. The fourth-order valence-corrected chi connectivity index (χ4v) is 2.58. The van der Waals surface area contributed by atoms with Gasteiger partial charge in [0.05, 0.1) is 6.54 Å². The maximum Gasteiger partial charge on any atom is 0.304 e. The number of terminal acetylenes is 1. The molecule has 14 heavy (non-hydrogen) atoms. The maximum atomic E-state index is 11.0. The van der Waals surface area contributed by atoms with Crippen LogP contribution < -0.4 is 0 Å². The Morgan fingerprint density at radius 1 is 1.57 bits per heavy atom. The maximum absolute atomic E-state index is 11.0. The molecule has 76 valence electrons. The Balaban J connectivity index is 2.20. The third-order valence-corrected chi connectivity index (χ3v) is 3.28. The number of esters is 1. The highest BCUT2D eigenvalue weighted by Crippen LogP contribution is 2.37. The van der Waals surface area contributed by atoms with E-state index in [4.69, 9.17) is 11.2 Å². The molecule has 3 heteroatoms. The van der Waals surface area contributed by atoms with Gasteiger partial charge in [-0.25, -0.2) is 0 Å². The lowest BCUT2D eigenvalue weighted by atomic mass is 9.75. The molecule has 3 fully saturated rings. The van der Waals surface area contributed by atoms with Crippen LogP contribution in [0, 0.1) is 18.3 Å². The van der Waals surface area contributed by atoms with Crippen molar-refractivity contribution in [1.29, 1.82) is 0 Å². The molecule has 0 radical (unpaired) electrons. The van der Waals surface area contributed by atoms with Crippen molar-refractivity contribution in [2.75, 3.05) is 19.6 Å². The van der Waals surface area contributed by atoms with Crippen LogP contribution >= 0.6 is 0 Å². The zero-order valence-electron chi connectivity index (χ0n) is 8.45. The summed E-state index contributed by atoms with van der Waals surface area (Å²) in [6.07, 6.45) is 7.63. The van der Waals surface area contributed by atoms with Gasteiger partial charge < -0.3 is 4.74 Å². The molecule has 0 saturated carbocycles. The molecule has 2 bridgehead atoms. The van der Waals surface area contributed by atoms with E-state index in [1.165, 1.54) is 6.92 Å². The van der Waals surface area contributed by atoms with Crippen molar-refractivity contribution < 1.29 is 9.53 Å². The minimum atomic E-state index is -0.637. The molecule has 3 aliphatic heterocycles. The molecule has 0 aromatic rings. The molecule has 0 aromatic heterocycles. The average molecular weight is 193 g/mol. The average Bonchev–Trinajstić information content (AvgIpc) is 2.18. The van der Waals surface area contributed by atoms with E-state index in [2.05, 4.69) is 10.8 Å². The van der Waals surface area contributed by atoms with E-state index in [1.54, 1.807) is 0 Å². The minimum absolute atomic E-state index is 0.267. The normalized spacial score (nSPS) is 40.3. The van der Waals surface area contributed by atoms with Gasteiger partial charge in [-0.2, -0.15) is 0 Å². The Morgan fingerprint density at radius 3 is 2.57 bits per heavy atom. The first kappa shape index (κ1) is 9.54. The summed E-state index contributed by atoms with van der Waals surface area (Å²) < 4.78 is 5.35. The van der Waals surface area contributed by atoms with Crippen LogP contribution in [0.5, 0.6) is 0 Å². The number of ether oxygens (including phenoxy) is 1. The number of hydrogen-bond donors (Lipinski definition) is 0. The highest BCUT2D eigenvalue weighted by Gasteiger charge is 2.48. The quantitative estimate of drug-likeness (QED) is 0.452. The van der Waals surface area contributed by atoms with Crippen LogP contribution in [0.25, 0.3) is 0 Å².